The molecule has 1 atom stereocenters. The Balaban J connectivity index is 1.13. The molecule has 0 aliphatic carbocycles. The Bertz CT molecular complexity index is 2490. The number of amides is 2. The summed E-state index contributed by atoms with van der Waals surface area (Å²) in [6.07, 6.45) is 2.31. The second-order valence-electron chi connectivity index (χ2n) is 15.4. The molecule has 4 aromatic carbocycles. The van der Waals surface area contributed by atoms with Crippen molar-refractivity contribution in [3.05, 3.63) is 96.2 Å². The molecule has 1 aromatic heterocycles. The number of nitrogens with one attached hydrogen (secondary N) is 4. The summed E-state index contributed by atoms with van der Waals surface area (Å²) in [6.45, 7) is 7.37. The van der Waals surface area contributed by atoms with E-state index in [9.17, 15) is 26.8 Å². The van der Waals surface area contributed by atoms with Gasteiger partial charge in [-0.05, 0) is 0 Å². The van der Waals surface area contributed by atoms with E-state index in [0.717, 1.165) is 26.9 Å². The van der Waals surface area contributed by atoms with E-state index in [0.29, 0.717) is 66.2 Å². The molecule has 0 radical (unpaired) electrons. The van der Waals surface area contributed by atoms with Crippen molar-refractivity contribution in [3.63, 3.8) is 0 Å². The fourth-order valence-electron chi connectivity index (χ4n) is 6.70. The fourth-order valence-corrected chi connectivity index (χ4v) is 9.26. The molecular weight excluding hydrogens is 857 g/mol. The van der Waals surface area contributed by atoms with Crippen LogP contribution in [0.3, 0.4) is 0 Å². The SMILES string of the molecule is COc1cc(Nc2cc(Oc3ccc([AsH]C(=O)Nc4cc(C(C)(C)C)cc(NS(C)(=O)=O)c4OC)c4ccccc34)ccn2)ccc1C(=O)NCCN1CCC(F)(F)CC1. The first-order valence-corrected chi connectivity index (χ1v) is 23.2. The summed E-state index contributed by atoms with van der Waals surface area (Å²) in [5.41, 5.74) is 2.02. The number of likely N-dealkylation sites (tertiary alicyclic amines) is 1. The maximum absolute atomic E-state index is 13.7. The molecule has 1 aliphatic heterocycles. The molecule has 2 amide bonds. The van der Waals surface area contributed by atoms with E-state index in [1.54, 1.807) is 42.6 Å². The molecular formula is C43H49AsF2N6O7S. The molecule has 318 valence electrons. The Hall–Kier alpha value is -5.44. The van der Waals surface area contributed by atoms with Crippen LogP contribution in [0.2, 0.25) is 0 Å². The molecule has 0 bridgehead atoms. The first-order valence-electron chi connectivity index (χ1n) is 19.2. The minimum Gasteiger partial charge on any atom is -0.351 e. The topological polar surface area (TPSA) is 160 Å². The third kappa shape index (κ3) is 11.4. The molecule has 60 heavy (non-hydrogen) atoms. The number of alkyl halides is 2. The van der Waals surface area contributed by atoms with Gasteiger partial charge in [0.25, 0.3) is 11.8 Å². The Morgan fingerprint density at radius 1 is 0.900 bits per heavy atom. The second kappa shape index (κ2) is 18.4. The van der Waals surface area contributed by atoms with E-state index in [-0.39, 0.29) is 40.3 Å². The number of sulfonamides is 1. The Morgan fingerprint density at radius 2 is 1.62 bits per heavy atom. The van der Waals surface area contributed by atoms with Crippen LogP contribution in [0.4, 0.5) is 36.5 Å². The van der Waals surface area contributed by atoms with Gasteiger partial charge in [-0.15, -0.1) is 0 Å². The first kappa shape index (κ1) is 44.1. The quantitative estimate of drug-likeness (QED) is 0.0791. The number of halogens is 2. The van der Waals surface area contributed by atoms with Gasteiger partial charge in [0.1, 0.15) is 0 Å². The van der Waals surface area contributed by atoms with Crippen LogP contribution in [-0.2, 0) is 15.4 Å². The maximum atomic E-state index is 13.7. The van der Waals surface area contributed by atoms with Crippen LogP contribution in [0.15, 0.2) is 85.1 Å². The molecule has 1 fully saturated rings. The molecule has 5 aromatic rings. The van der Waals surface area contributed by atoms with E-state index in [4.69, 9.17) is 14.2 Å². The molecule has 0 spiro atoms. The summed E-state index contributed by atoms with van der Waals surface area (Å²) in [5.74, 6) is -0.838. The summed E-state index contributed by atoms with van der Waals surface area (Å²) >= 11 is -1.44. The van der Waals surface area contributed by atoms with Gasteiger partial charge in [-0.1, -0.05) is 0 Å². The van der Waals surface area contributed by atoms with E-state index in [1.807, 2.05) is 68.1 Å². The summed E-state index contributed by atoms with van der Waals surface area (Å²) in [6, 6.07) is 23.4. The van der Waals surface area contributed by atoms with E-state index < -0.39 is 31.7 Å². The van der Waals surface area contributed by atoms with E-state index in [1.165, 1.54) is 14.2 Å². The van der Waals surface area contributed by atoms with Crippen molar-refractivity contribution < 1.29 is 41.0 Å². The van der Waals surface area contributed by atoms with Crippen molar-refractivity contribution >= 4 is 74.4 Å². The molecule has 1 aliphatic rings. The third-order valence-electron chi connectivity index (χ3n) is 9.81. The molecule has 6 rings (SSSR count). The van der Waals surface area contributed by atoms with Gasteiger partial charge in [0.05, 0.1) is 12.7 Å². The zero-order valence-corrected chi connectivity index (χ0v) is 37.2. The number of carbonyl (C=O) groups is 2. The number of aromatic nitrogens is 1. The number of nitrogens with zero attached hydrogens (tertiary/aromatic N) is 2. The van der Waals surface area contributed by atoms with Gasteiger partial charge in [-0.2, -0.15) is 0 Å². The van der Waals surface area contributed by atoms with Crippen LogP contribution in [-0.4, -0.2) is 97.2 Å². The van der Waals surface area contributed by atoms with Crippen LogP contribution >= 0.6 is 0 Å². The summed E-state index contributed by atoms with van der Waals surface area (Å²) in [7, 11) is -0.736. The number of piperidine rings is 1. The number of ether oxygens (including phenoxy) is 3. The predicted molar refractivity (Wildman–Crippen MR) is 233 cm³/mol. The van der Waals surface area contributed by atoms with Gasteiger partial charge < -0.3 is 15.0 Å². The Labute approximate surface area is 355 Å². The zero-order chi connectivity index (χ0) is 43.2. The number of carbonyl (C=O) groups excluding carboxylic acids is 2. The number of fused-ring (bicyclic) bond motifs is 1. The number of methoxy groups -OCH3 is 2. The number of anilines is 4. The van der Waals surface area contributed by atoms with Crippen molar-refractivity contribution in [2.24, 2.45) is 0 Å². The monoisotopic (exact) mass is 906 g/mol. The average Bonchev–Trinajstić information content (AvgIpc) is 3.18. The van der Waals surface area contributed by atoms with Gasteiger partial charge in [0.2, 0.25) is 0 Å². The van der Waals surface area contributed by atoms with E-state index >= 15 is 0 Å². The van der Waals surface area contributed by atoms with Gasteiger partial charge in [-0.3, -0.25) is 4.79 Å². The predicted octanol–water partition coefficient (Wildman–Crippen LogP) is 7.21. The fraction of sp³-hybridized carbons (Fsp3) is 0.326. The van der Waals surface area contributed by atoms with Crippen molar-refractivity contribution in [2.75, 3.05) is 62.0 Å². The number of rotatable bonds is 15. The molecule has 17 heteroatoms. The standard InChI is InChI=1S/C43H49AsF2N6O7S/c1-42(2,3)27-23-34(39(58-5)35(24-27)51-60(6,55)56)50-41(54)44-33-13-14-36(31-10-8-7-9-30(31)33)59-29-15-18-47-38(26-29)49-28-11-12-32(37(25-28)57-4)40(53)48-19-22-52-20-16-43(45,46)17-21-52/h7-15,18,23-26,44,51H,16-17,19-22H2,1-6H3,(H,47,49)(H,48,53)(H,50,54). The minimum atomic E-state index is -3.63. The van der Waals surface area contributed by atoms with Gasteiger partial charge >= 0.3 is 265 Å². The van der Waals surface area contributed by atoms with Gasteiger partial charge in [0.15, 0.2) is 0 Å². The summed E-state index contributed by atoms with van der Waals surface area (Å²) in [4.78, 5) is 33.0. The first-order chi connectivity index (χ1) is 28.4. The Morgan fingerprint density at radius 3 is 2.30 bits per heavy atom. The molecule has 1 saturated heterocycles. The zero-order valence-electron chi connectivity index (χ0n) is 34.2. The number of hydrogen-bond acceptors (Lipinski definition) is 10. The van der Waals surface area contributed by atoms with Gasteiger partial charge in [0, 0.05) is 39.0 Å². The van der Waals surface area contributed by atoms with Crippen LogP contribution in [0.25, 0.3) is 10.8 Å². The van der Waals surface area contributed by atoms with Crippen molar-refractivity contribution in [2.45, 2.75) is 45.0 Å². The normalized spacial score (nSPS) is 14.5. The summed E-state index contributed by atoms with van der Waals surface area (Å²) < 4.78 is 72.0. The smallest absolute Gasteiger partial charge is 0.351 e. The Kier molecular flexibility index (Phi) is 13.6. The molecule has 0 saturated carbocycles. The van der Waals surface area contributed by atoms with Crippen LogP contribution in [0, 0.1) is 0 Å². The molecule has 4 N–H and O–H groups in total. The third-order valence-corrected chi connectivity index (χ3v) is 12.6. The van der Waals surface area contributed by atoms with Crippen molar-refractivity contribution in [1.82, 2.24) is 15.2 Å². The van der Waals surface area contributed by atoms with Crippen LogP contribution in [0.1, 0.15) is 49.5 Å². The van der Waals surface area contributed by atoms with E-state index in [2.05, 4.69) is 25.7 Å². The van der Waals surface area contributed by atoms with Crippen LogP contribution in [0.5, 0.6) is 23.0 Å². The molecule has 1 unspecified atom stereocenters. The second-order valence-corrected chi connectivity index (χ2v) is 19.8. The van der Waals surface area contributed by atoms with Crippen molar-refractivity contribution in [3.8, 4) is 23.0 Å². The number of benzene rings is 4. The van der Waals surface area contributed by atoms with Gasteiger partial charge in [-0.25, -0.2) is 8.78 Å². The van der Waals surface area contributed by atoms with Crippen molar-refractivity contribution in [1.29, 1.82) is 0 Å². The molecule has 2 heterocycles. The van der Waals surface area contributed by atoms with Crippen LogP contribution < -0.4 is 39.2 Å². The minimum absolute atomic E-state index is 0.175. The average molecular weight is 907 g/mol. The number of hydrogen-bond donors (Lipinski definition) is 4. The summed E-state index contributed by atoms with van der Waals surface area (Å²) in [5, 5.41) is 10.8. The number of pyridine rings is 1. The molecule has 13 nitrogen and oxygen atoms in total.